The van der Waals surface area contributed by atoms with Gasteiger partial charge in [0.25, 0.3) is 0 Å². The fourth-order valence-corrected chi connectivity index (χ4v) is 2.66. The van der Waals surface area contributed by atoms with Crippen LogP contribution in [0.15, 0.2) is 42.6 Å². The van der Waals surface area contributed by atoms with E-state index in [2.05, 4.69) is 9.88 Å². The van der Waals surface area contributed by atoms with Crippen molar-refractivity contribution in [1.82, 2.24) is 9.88 Å². The van der Waals surface area contributed by atoms with Gasteiger partial charge in [-0.2, -0.15) is 13.2 Å². The van der Waals surface area contributed by atoms with Crippen molar-refractivity contribution in [2.24, 2.45) is 0 Å². The molecular formula is C19H19F4N3O3. The lowest BCUT2D eigenvalue weighted by atomic mass is 10.1. The molecule has 2 heterocycles. The van der Waals surface area contributed by atoms with Gasteiger partial charge in [0.2, 0.25) is 5.91 Å². The first-order valence-corrected chi connectivity index (χ1v) is 8.55. The zero-order valence-electron chi connectivity index (χ0n) is 15.5. The Hall–Kier alpha value is -3.17. The van der Waals surface area contributed by atoms with E-state index in [0.717, 1.165) is 23.5 Å². The summed E-state index contributed by atoms with van der Waals surface area (Å²) in [4.78, 5) is 29.7. The first kappa shape index (κ1) is 22.1. The van der Waals surface area contributed by atoms with Crippen LogP contribution in [0.25, 0.3) is 0 Å². The molecule has 0 bridgehead atoms. The number of fused-ring (bicyclic) bond motifs is 1. The Morgan fingerprint density at radius 2 is 1.76 bits per heavy atom. The first-order chi connectivity index (χ1) is 13.6. The number of alkyl halides is 3. The van der Waals surface area contributed by atoms with Gasteiger partial charge in [0.05, 0.1) is 6.42 Å². The molecule has 0 fully saturated rings. The van der Waals surface area contributed by atoms with Crippen molar-refractivity contribution in [2.45, 2.75) is 19.1 Å². The van der Waals surface area contributed by atoms with Crippen LogP contribution in [-0.4, -0.2) is 53.2 Å². The fraction of sp³-hybridized carbons (Fsp3) is 0.316. The number of carboxylic acids is 1. The summed E-state index contributed by atoms with van der Waals surface area (Å²) >= 11 is 0. The van der Waals surface area contributed by atoms with E-state index in [-0.39, 0.29) is 11.7 Å². The normalized spacial score (nSPS) is 13.7. The lowest BCUT2D eigenvalue weighted by molar-refractivity contribution is -0.192. The van der Waals surface area contributed by atoms with E-state index >= 15 is 0 Å². The molecule has 1 aromatic heterocycles. The number of hydrogen-bond acceptors (Lipinski definition) is 4. The molecule has 1 aliphatic heterocycles. The highest BCUT2D eigenvalue weighted by atomic mass is 19.4. The first-order valence-electron chi connectivity index (χ1n) is 8.55. The van der Waals surface area contributed by atoms with Crippen LogP contribution in [0.4, 0.5) is 23.4 Å². The maximum absolute atomic E-state index is 12.9. The number of likely N-dealkylation sites (N-methyl/N-ethyl adjacent to an activating group) is 1. The predicted molar refractivity (Wildman–Crippen MR) is 96.7 cm³/mol. The molecule has 156 valence electrons. The van der Waals surface area contributed by atoms with Crippen molar-refractivity contribution in [3.63, 3.8) is 0 Å². The number of pyridine rings is 1. The van der Waals surface area contributed by atoms with E-state index in [1.807, 2.05) is 24.1 Å². The number of hydrogen-bond donors (Lipinski definition) is 1. The molecule has 10 heteroatoms. The Balaban J connectivity index is 0.000000370. The van der Waals surface area contributed by atoms with E-state index in [0.29, 0.717) is 19.5 Å². The highest BCUT2D eigenvalue weighted by molar-refractivity contribution is 5.79. The van der Waals surface area contributed by atoms with Gasteiger partial charge in [0.1, 0.15) is 11.6 Å². The summed E-state index contributed by atoms with van der Waals surface area (Å²) in [5.41, 5.74) is 1.88. The van der Waals surface area contributed by atoms with Crippen LogP contribution < -0.4 is 4.90 Å². The second kappa shape index (κ2) is 9.35. The highest BCUT2D eigenvalue weighted by Crippen LogP contribution is 2.21. The van der Waals surface area contributed by atoms with Gasteiger partial charge in [-0.3, -0.25) is 4.79 Å². The lowest BCUT2D eigenvalue weighted by Crippen LogP contribution is -2.35. The number of carbonyl (C=O) groups excluding carboxylic acids is 1. The molecule has 0 unspecified atom stereocenters. The summed E-state index contributed by atoms with van der Waals surface area (Å²) in [7, 11) is 1.99. The molecule has 0 radical (unpaired) electrons. The van der Waals surface area contributed by atoms with E-state index in [1.54, 1.807) is 18.3 Å². The van der Waals surface area contributed by atoms with Crippen molar-refractivity contribution >= 4 is 17.7 Å². The smallest absolute Gasteiger partial charge is 0.475 e. The van der Waals surface area contributed by atoms with Crippen molar-refractivity contribution < 1.29 is 32.3 Å². The van der Waals surface area contributed by atoms with Gasteiger partial charge in [-0.25, -0.2) is 14.2 Å². The van der Waals surface area contributed by atoms with Gasteiger partial charge >= 0.3 is 12.1 Å². The number of halogens is 4. The van der Waals surface area contributed by atoms with Gasteiger partial charge in [0.15, 0.2) is 0 Å². The number of nitrogens with zero attached hydrogens (tertiary/aromatic N) is 3. The number of aromatic nitrogens is 1. The highest BCUT2D eigenvalue weighted by Gasteiger charge is 2.38. The summed E-state index contributed by atoms with van der Waals surface area (Å²) in [6.07, 6.45) is -3.02. The van der Waals surface area contributed by atoms with Crippen LogP contribution in [0.1, 0.15) is 11.1 Å². The number of anilines is 1. The largest absolute Gasteiger partial charge is 0.490 e. The van der Waals surface area contributed by atoms with Crippen molar-refractivity contribution in [1.29, 1.82) is 0 Å². The Morgan fingerprint density at radius 1 is 1.14 bits per heavy atom. The van der Waals surface area contributed by atoms with E-state index in [4.69, 9.17) is 9.90 Å². The molecule has 2 aromatic rings. The minimum atomic E-state index is -5.08. The second-order valence-corrected chi connectivity index (χ2v) is 6.33. The third kappa shape index (κ3) is 6.44. The number of rotatable bonds is 2. The predicted octanol–water partition coefficient (Wildman–Crippen LogP) is 2.88. The minimum Gasteiger partial charge on any atom is -0.475 e. The summed E-state index contributed by atoms with van der Waals surface area (Å²) in [6.45, 7) is 1.97. The van der Waals surface area contributed by atoms with Crippen LogP contribution >= 0.6 is 0 Å². The Labute approximate surface area is 164 Å². The summed E-state index contributed by atoms with van der Waals surface area (Å²) in [5.74, 6) is -2.06. The molecule has 0 atom stereocenters. The van der Waals surface area contributed by atoms with Crippen molar-refractivity contribution in [3.05, 3.63) is 59.5 Å². The SMILES string of the molecule is CN1CCN(C(=O)Cc2ccc(F)cc2)Cc2cccnc21.O=C(O)C(F)(F)F. The average Bonchev–Trinajstić information content (AvgIpc) is 2.83. The maximum atomic E-state index is 12.9. The molecule has 0 aliphatic carbocycles. The summed E-state index contributed by atoms with van der Waals surface area (Å²) < 4.78 is 44.7. The molecule has 1 aliphatic rings. The average molecular weight is 413 g/mol. The number of benzene rings is 1. The number of aliphatic carboxylic acids is 1. The fourth-order valence-electron chi connectivity index (χ4n) is 2.66. The number of amides is 1. The standard InChI is InChI=1S/C17H18FN3O.C2HF3O2/c1-20-9-10-21(12-14-3-2-8-19-17(14)20)16(22)11-13-4-6-15(18)7-5-13;3-2(4,5)1(6)7/h2-8H,9-12H2,1H3;(H,6,7). The summed E-state index contributed by atoms with van der Waals surface area (Å²) in [6, 6.07) is 9.98. The zero-order chi connectivity index (χ0) is 21.6. The monoisotopic (exact) mass is 413 g/mol. The molecule has 1 amide bonds. The molecular weight excluding hydrogens is 394 g/mol. The minimum absolute atomic E-state index is 0.0525. The van der Waals surface area contributed by atoms with Crippen LogP contribution in [-0.2, 0) is 22.6 Å². The van der Waals surface area contributed by atoms with Crippen LogP contribution in [0.3, 0.4) is 0 Å². The van der Waals surface area contributed by atoms with E-state index in [9.17, 15) is 22.4 Å². The van der Waals surface area contributed by atoms with Gasteiger partial charge in [0, 0.05) is 38.4 Å². The summed E-state index contributed by atoms with van der Waals surface area (Å²) in [5, 5.41) is 7.12. The molecule has 1 N–H and O–H groups in total. The third-order valence-corrected chi connectivity index (χ3v) is 4.16. The maximum Gasteiger partial charge on any atom is 0.490 e. The molecule has 0 saturated carbocycles. The molecule has 1 aromatic carbocycles. The van der Waals surface area contributed by atoms with E-state index in [1.165, 1.54) is 12.1 Å². The van der Waals surface area contributed by atoms with E-state index < -0.39 is 12.1 Å². The Bertz CT molecular complexity index is 857. The molecule has 0 spiro atoms. The Kier molecular flexibility index (Phi) is 7.13. The van der Waals surface area contributed by atoms with Gasteiger partial charge < -0.3 is 14.9 Å². The van der Waals surface area contributed by atoms with Crippen LogP contribution in [0.5, 0.6) is 0 Å². The lowest BCUT2D eigenvalue weighted by Gasteiger charge is -2.21. The van der Waals surface area contributed by atoms with Gasteiger partial charge in [-0.05, 0) is 23.8 Å². The Morgan fingerprint density at radius 3 is 2.34 bits per heavy atom. The van der Waals surface area contributed by atoms with Crippen LogP contribution in [0.2, 0.25) is 0 Å². The number of carbonyl (C=O) groups is 2. The van der Waals surface area contributed by atoms with Crippen LogP contribution in [0, 0.1) is 5.82 Å². The molecule has 3 rings (SSSR count). The molecule has 0 saturated heterocycles. The van der Waals surface area contributed by atoms with Crippen molar-refractivity contribution in [2.75, 3.05) is 25.0 Å². The second-order valence-electron chi connectivity index (χ2n) is 6.33. The van der Waals surface area contributed by atoms with Gasteiger partial charge in [-0.15, -0.1) is 0 Å². The number of carboxylic acid groups (broad SMARTS) is 1. The topological polar surface area (TPSA) is 73.7 Å². The van der Waals surface area contributed by atoms with Gasteiger partial charge in [-0.1, -0.05) is 18.2 Å². The quantitative estimate of drug-likeness (QED) is 0.767. The van der Waals surface area contributed by atoms with Crippen molar-refractivity contribution in [3.8, 4) is 0 Å². The molecule has 29 heavy (non-hydrogen) atoms. The third-order valence-electron chi connectivity index (χ3n) is 4.16. The zero-order valence-corrected chi connectivity index (χ0v) is 15.5. The molecule has 6 nitrogen and oxygen atoms in total.